The van der Waals surface area contributed by atoms with Gasteiger partial charge in [0.15, 0.2) is 5.82 Å². The molecule has 0 atom stereocenters. The highest BCUT2D eigenvalue weighted by Crippen LogP contribution is 2.40. The van der Waals surface area contributed by atoms with Crippen molar-refractivity contribution in [1.29, 1.82) is 5.26 Å². The van der Waals surface area contributed by atoms with Gasteiger partial charge in [-0.3, -0.25) is 14.4 Å². The van der Waals surface area contributed by atoms with Crippen molar-refractivity contribution < 1.29 is 19.5 Å². The molecular weight excluding hydrogens is 482 g/mol. The number of hydrogen-bond donors (Lipinski definition) is 3. The van der Waals surface area contributed by atoms with E-state index in [1.165, 1.54) is 11.8 Å². The second-order valence-electron chi connectivity index (χ2n) is 11.0. The molecule has 38 heavy (non-hydrogen) atoms. The average molecular weight is 520 g/mol. The summed E-state index contributed by atoms with van der Waals surface area (Å²) in [7, 11) is 0. The maximum atomic E-state index is 12.9. The first-order valence-electron chi connectivity index (χ1n) is 12.9. The number of aromatic amines is 1. The Morgan fingerprint density at radius 2 is 1.84 bits per heavy atom. The van der Waals surface area contributed by atoms with Crippen molar-refractivity contribution in [2.45, 2.75) is 71.8 Å². The number of H-pyrrole nitrogens is 1. The molecule has 1 aliphatic carbocycles. The summed E-state index contributed by atoms with van der Waals surface area (Å²) < 4.78 is 0. The number of carboxylic acid groups (broad SMARTS) is 1. The number of aliphatic carboxylic acids is 1. The Kier molecular flexibility index (Phi) is 8.89. The average Bonchev–Trinajstić information content (AvgIpc) is 3.34. The third kappa shape index (κ3) is 7.17. The summed E-state index contributed by atoms with van der Waals surface area (Å²) in [5, 5.41) is 16.4. The third-order valence-corrected chi connectivity index (χ3v) is 7.42. The number of amides is 1. The second-order valence-corrected chi connectivity index (χ2v) is 11.0. The Morgan fingerprint density at radius 3 is 2.37 bits per heavy atom. The van der Waals surface area contributed by atoms with Crippen LogP contribution in [0.1, 0.15) is 92.8 Å². The number of ketones is 1. The minimum Gasteiger partial charge on any atom is -0.481 e. The number of carboxylic acids is 1. The molecule has 1 aliphatic heterocycles. The fourth-order valence-corrected chi connectivity index (χ4v) is 4.95. The van der Waals surface area contributed by atoms with E-state index in [9.17, 15) is 9.59 Å². The van der Waals surface area contributed by atoms with Gasteiger partial charge in [0.05, 0.1) is 6.20 Å². The number of Topliss-reactive ketones (excluding diaryl/α,β-unsaturated/α-hetero) is 1. The molecule has 9 heteroatoms. The van der Waals surface area contributed by atoms with E-state index in [1.807, 2.05) is 23.1 Å². The molecule has 2 aromatic rings. The number of nitriles is 1. The van der Waals surface area contributed by atoms with Crippen molar-refractivity contribution >= 4 is 23.2 Å². The van der Waals surface area contributed by atoms with Crippen LogP contribution in [0.3, 0.4) is 0 Å². The number of likely N-dealkylation sites (tertiary alicyclic amines) is 1. The molecule has 9 nitrogen and oxygen atoms in total. The molecule has 202 valence electrons. The number of carbonyl (C=O) groups is 3. The van der Waals surface area contributed by atoms with Gasteiger partial charge >= 0.3 is 0 Å². The van der Waals surface area contributed by atoms with E-state index < -0.39 is 11.5 Å². The number of nitrogens with two attached hydrogens (primary N) is 1. The van der Waals surface area contributed by atoms with E-state index >= 15 is 0 Å². The normalized spacial score (nSPS) is 17.9. The molecule has 0 bridgehead atoms. The molecule has 4 N–H and O–H groups in total. The van der Waals surface area contributed by atoms with E-state index in [0.717, 1.165) is 42.9 Å². The van der Waals surface area contributed by atoms with Crippen molar-refractivity contribution in [2.75, 3.05) is 13.1 Å². The number of carbonyl (C=O) groups excluding carboxylic acids is 2. The Morgan fingerprint density at radius 1 is 1.18 bits per heavy atom. The first kappa shape index (κ1) is 28.8. The van der Waals surface area contributed by atoms with Crippen LogP contribution in [0.15, 0.2) is 30.5 Å². The van der Waals surface area contributed by atoms with Gasteiger partial charge in [0.25, 0.3) is 5.97 Å². The summed E-state index contributed by atoms with van der Waals surface area (Å²) in [4.78, 5) is 42.4. The van der Waals surface area contributed by atoms with Gasteiger partial charge in [0.2, 0.25) is 11.7 Å². The van der Waals surface area contributed by atoms with Crippen LogP contribution in [0.4, 0.5) is 0 Å². The number of allylic oxidation sites excluding steroid dienone is 2. The van der Waals surface area contributed by atoms with Gasteiger partial charge in [-0.05, 0) is 65.8 Å². The fourth-order valence-electron chi connectivity index (χ4n) is 4.95. The van der Waals surface area contributed by atoms with E-state index in [2.05, 4.69) is 36.0 Å². The van der Waals surface area contributed by atoms with Crippen LogP contribution in [0.5, 0.6) is 0 Å². The number of nitrogens with zero attached hydrogens (tertiary/aromatic N) is 3. The molecule has 0 saturated carbocycles. The number of hydrogen-bond acceptors (Lipinski definition) is 6. The highest BCUT2D eigenvalue weighted by molar-refractivity contribution is 5.95. The van der Waals surface area contributed by atoms with Crippen molar-refractivity contribution in [3.8, 4) is 6.07 Å². The number of aromatic nitrogens is 2. The number of rotatable bonds is 5. The van der Waals surface area contributed by atoms with Crippen LogP contribution in [-0.2, 0) is 21.5 Å². The molecule has 4 rings (SSSR count). The molecular formula is C29H37N5O4. The predicted octanol–water partition coefficient (Wildman–Crippen LogP) is 4.19. The fraction of sp³-hybridized carbons (Fsp3) is 0.483. The predicted molar refractivity (Wildman–Crippen MR) is 144 cm³/mol. The smallest absolute Gasteiger partial charge is 0.300 e. The van der Waals surface area contributed by atoms with Crippen LogP contribution in [-0.4, -0.2) is 50.7 Å². The Balaban J connectivity index is 0.000000934. The van der Waals surface area contributed by atoms with E-state index in [1.54, 1.807) is 6.92 Å². The maximum Gasteiger partial charge on any atom is 0.300 e. The second kappa shape index (κ2) is 11.7. The van der Waals surface area contributed by atoms with E-state index in [4.69, 9.17) is 20.9 Å². The van der Waals surface area contributed by atoms with Crippen LogP contribution >= 0.6 is 0 Å². The lowest BCUT2D eigenvalue weighted by Crippen LogP contribution is -2.49. The zero-order chi connectivity index (χ0) is 28.1. The first-order chi connectivity index (χ1) is 17.8. The summed E-state index contributed by atoms with van der Waals surface area (Å²) in [5.74, 6) is -0.689. The summed E-state index contributed by atoms with van der Waals surface area (Å²) >= 11 is 0. The number of nitrogens with one attached hydrogen (secondary N) is 1. The minimum absolute atomic E-state index is 0.0871. The van der Waals surface area contributed by atoms with Crippen LogP contribution in [0.25, 0.3) is 5.57 Å². The quantitative estimate of drug-likeness (QED) is 0.501. The third-order valence-electron chi connectivity index (χ3n) is 7.42. The Bertz CT molecular complexity index is 1270. The van der Waals surface area contributed by atoms with Gasteiger partial charge in [-0.15, -0.1) is 0 Å². The maximum absolute atomic E-state index is 12.9. The lowest BCUT2D eigenvalue weighted by atomic mass is 9.75. The molecule has 0 spiro atoms. The van der Waals surface area contributed by atoms with Gasteiger partial charge in [-0.2, -0.15) is 5.26 Å². The number of benzene rings is 1. The summed E-state index contributed by atoms with van der Waals surface area (Å²) in [6.45, 7) is 8.55. The van der Waals surface area contributed by atoms with Crippen LogP contribution in [0, 0.1) is 16.7 Å². The number of imidazole rings is 1. The van der Waals surface area contributed by atoms with Gasteiger partial charge < -0.3 is 20.7 Å². The van der Waals surface area contributed by atoms with Gasteiger partial charge in [0, 0.05) is 38.9 Å². The summed E-state index contributed by atoms with van der Waals surface area (Å²) in [5.41, 5.74) is 11.3. The van der Waals surface area contributed by atoms with Gasteiger partial charge in [-0.25, -0.2) is 4.98 Å². The zero-order valence-corrected chi connectivity index (χ0v) is 22.6. The Labute approximate surface area is 223 Å². The molecule has 0 unspecified atom stereocenters. The highest BCUT2D eigenvalue weighted by Gasteiger charge is 2.34. The van der Waals surface area contributed by atoms with Crippen molar-refractivity contribution in [3.05, 3.63) is 58.7 Å². The molecule has 1 amide bonds. The Hall–Kier alpha value is -3.77. The van der Waals surface area contributed by atoms with Crippen LogP contribution in [0.2, 0.25) is 0 Å². The molecule has 0 radical (unpaired) electrons. The molecule has 1 aromatic heterocycles. The lowest BCUT2D eigenvalue weighted by molar-refractivity contribution is -0.134. The first-order valence-corrected chi connectivity index (χ1v) is 12.9. The standard InChI is InChI=1S/C27H33N5O2.C2H4O2/c1-18(33)32-12-10-27(29,11-13-32)21-5-4-20(14-24(34)25-30-17-22(16-28)31-25)23(15-21)19-6-8-26(2,3)9-7-19;1-2(3)4/h4-6,15,17H,7-14,29H2,1-3H3,(H,30,31);1H3,(H,3,4). The summed E-state index contributed by atoms with van der Waals surface area (Å²) in [6, 6.07) is 8.19. The van der Waals surface area contributed by atoms with Crippen molar-refractivity contribution in [1.82, 2.24) is 14.9 Å². The van der Waals surface area contributed by atoms with E-state index in [0.29, 0.717) is 25.9 Å². The lowest BCUT2D eigenvalue weighted by Gasteiger charge is -2.39. The topological polar surface area (TPSA) is 153 Å². The number of piperidine rings is 1. The zero-order valence-electron chi connectivity index (χ0n) is 22.6. The van der Waals surface area contributed by atoms with Gasteiger partial charge in [0.1, 0.15) is 11.8 Å². The highest BCUT2D eigenvalue weighted by atomic mass is 16.4. The van der Waals surface area contributed by atoms with Crippen LogP contribution < -0.4 is 5.73 Å². The molecule has 2 aliphatic rings. The monoisotopic (exact) mass is 519 g/mol. The SMILES string of the molecule is CC(=O)N1CCC(N)(c2ccc(CC(=O)c3ncc(C#N)[nH]3)c(C3=CCC(C)(C)CC3)c2)CC1.CC(=O)O. The molecule has 2 heterocycles. The molecule has 1 fully saturated rings. The minimum atomic E-state index is -0.833. The summed E-state index contributed by atoms with van der Waals surface area (Å²) in [6.07, 6.45) is 8.33. The van der Waals surface area contributed by atoms with Gasteiger partial charge in [-0.1, -0.05) is 32.1 Å². The molecule has 1 saturated heterocycles. The van der Waals surface area contributed by atoms with Crippen molar-refractivity contribution in [3.63, 3.8) is 0 Å². The largest absolute Gasteiger partial charge is 0.481 e. The van der Waals surface area contributed by atoms with Crippen molar-refractivity contribution in [2.24, 2.45) is 11.1 Å². The van der Waals surface area contributed by atoms with E-state index in [-0.39, 0.29) is 35.0 Å². The molecule has 1 aromatic carbocycles.